The van der Waals surface area contributed by atoms with Gasteiger partial charge in [-0.05, 0) is 42.1 Å². The second-order valence-corrected chi connectivity index (χ2v) is 4.40. The van der Waals surface area contributed by atoms with Crippen LogP contribution in [-0.2, 0) is 0 Å². The van der Waals surface area contributed by atoms with E-state index in [1.54, 1.807) is 6.20 Å². The summed E-state index contributed by atoms with van der Waals surface area (Å²) in [7, 11) is 0. The minimum Gasteiger partial charge on any atom is -0.256 e. The standard InChI is InChI=1S/C16H12FN/c1-11-8-13(10-14(17)9-11)16-15-5-3-2-4-12(15)6-7-18-16/h2-10H,1H3. The highest BCUT2D eigenvalue weighted by atomic mass is 19.1. The molecule has 0 spiro atoms. The van der Waals surface area contributed by atoms with Gasteiger partial charge >= 0.3 is 0 Å². The highest BCUT2D eigenvalue weighted by Crippen LogP contribution is 2.27. The minimum absolute atomic E-state index is 0.222. The van der Waals surface area contributed by atoms with Gasteiger partial charge < -0.3 is 0 Å². The van der Waals surface area contributed by atoms with E-state index in [9.17, 15) is 4.39 Å². The van der Waals surface area contributed by atoms with Crippen molar-refractivity contribution in [2.24, 2.45) is 0 Å². The average molecular weight is 237 g/mol. The molecule has 1 heterocycles. The largest absolute Gasteiger partial charge is 0.256 e. The molecule has 3 aromatic rings. The van der Waals surface area contributed by atoms with Gasteiger partial charge in [0.1, 0.15) is 5.82 Å². The Bertz CT molecular complexity index is 694. The zero-order chi connectivity index (χ0) is 12.5. The fraction of sp³-hybridized carbons (Fsp3) is 0.0625. The summed E-state index contributed by atoms with van der Waals surface area (Å²) in [4.78, 5) is 4.39. The first-order valence-corrected chi connectivity index (χ1v) is 5.85. The maximum absolute atomic E-state index is 13.5. The van der Waals surface area contributed by atoms with Crippen LogP contribution in [0.3, 0.4) is 0 Å². The Hall–Kier alpha value is -2.22. The lowest BCUT2D eigenvalue weighted by Crippen LogP contribution is -1.88. The van der Waals surface area contributed by atoms with Crippen LogP contribution in [0.25, 0.3) is 22.0 Å². The topological polar surface area (TPSA) is 12.9 Å². The number of hydrogen-bond acceptors (Lipinski definition) is 1. The van der Waals surface area contributed by atoms with Gasteiger partial charge in [-0.2, -0.15) is 0 Å². The number of aryl methyl sites for hydroxylation is 1. The highest BCUT2D eigenvalue weighted by Gasteiger charge is 2.06. The molecule has 0 radical (unpaired) electrons. The van der Waals surface area contributed by atoms with Crippen LogP contribution in [0.4, 0.5) is 4.39 Å². The highest BCUT2D eigenvalue weighted by molar-refractivity contribution is 5.94. The Balaban J connectivity index is 2.31. The van der Waals surface area contributed by atoms with Gasteiger partial charge in [0.2, 0.25) is 0 Å². The van der Waals surface area contributed by atoms with Crippen LogP contribution in [0, 0.1) is 12.7 Å². The molecule has 0 fully saturated rings. The Labute approximate surface area is 105 Å². The number of benzene rings is 2. The van der Waals surface area contributed by atoms with E-state index in [0.29, 0.717) is 0 Å². The number of nitrogens with zero attached hydrogens (tertiary/aromatic N) is 1. The van der Waals surface area contributed by atoms with Crippen molar-refractivity contribution >= 4 is 10.8 Å². The van der Waals surface area contributed by atoms with Gasteiger partial charge in [0, 0.05) is 17.1 Å². The predicted octanol–water partition coefficient (Wildman–Crippen LogP) is 4.35. The quantitative estimate of drug-likeness (QED) is 0.613. The molecule has 0 N–H and O–H groups in total. The zero-order valence-electron chi connectivity index (χ0n) is 10.0. The van der Waals surface area contributed by atoms with Gasteiger partial charge in [0.25, 0.3) is 0 Å². The number of rotatable bonds is 1. The second-order valence-electron chi connectivity index (χ2n) is 4.40. The molecule has 3 rings (SSSR count). The molecule has 0 bridgehead atoms. The van der Waals surface area contributed by atoms with E-state index < -0.39 is 0 Å². The molecule has 1 aromatic heterocycles. The molecule has 0 unspecified atom stereocenters. The molecule has 0 saturated carbocycles. The first-order chi connectivity index (χ1) is 8.74. The van der Waals surface area contributed by atoms with Crippen LogP contribution >= 0.6 is 0 Å². The number of aromatic nitrogens is 1. The summed E-state index contributed by atoms with van der Waals surface area (Å²) in [5.74, 6) is -0.222. The smallest absolute Gasteiger partial charge is 0.124 e. The van der Waals surface area contributed by atoms with Gasteiger partial charge in [0.05, 0.1) is 5.69 Å². The summed E-state index contributed by atoms with van der Waals surface area (Å²) in [5, 5.41) is 2.16. The normalized spacial score (nSPS) is 10.8. The lowest BCUT2D eigenvalue weighted by atomic mass is 10.0. The van der Waals surface area contributed by atoms with E-state index >= 15 is 0 Å². The van der Waals surface area contributed by atoms with E-state index in [1.165, 1.54) is 12.1 Å². The third-order valence-electron chi connectivity index (χ3n) is 2.99. The van der Waals surface area contributed by atoms with E-state index in [4.69, 9.17) is 0 Å². The van der Waals surface area contributed by atoms with Gasteiger partial charge in [-0.1, -0.05) is 24.3 Å². The molecule has 18 heavy (non-hydrogen) atoms. The van der Waals surface area contributed by atoms with Gasteiger partial charge in [-0.3, -0.25) is 4.98 Å². The molecule has 2 aromatic carbocycles. The van der Waals surface area contributed by atoms with Crippen molar-refractivity contribution in [1.29, 1.82) is 0 Å². The maximum Gasteiger partial charge on any atom is 0.124 e. The van der Waals surface area contributed by atoms with Crippen molar-refractivity contribution in [3.8, 4) is 11.3 Å². The summed E-state index contributed by atoms with van der Waals surface area (Å²) >= 11 is 0. The lowest BCUT2D eigenvalue weighted by Gasteiger charge is -2.06. The van der Waals surface area contributed by atoms with Crippen molar-refractivity contribution < 1.29 is 4.39 Å². The average Bonchev–Trinajstić information content (AvgIpc) is 2.37. The zero-order valence-corrected chi connectivity index (χ0v) is 10.0. The molecule has 0 aliphatic heterocycles. The van der Waals surface area contributed by atoms with Crippen molar-refractivity contribution in [1.82, 2.24) is 4.98 Å². The second kappa shape index (κ2) is 4.22. The van der Waals surface area contributed by atoms with Crippen molar-refractivity contribution in [3.05, 3.63) is 66.1 Å². The van der Waals surface area contributed by atoms with Crippen LogP contribution in [0.5, 0.6) is 0 Å². The summed E-state index contributed by atoms with van der Waals surface area (Å²) in [5.41, 5.74) is 2.56. The molecule has 0 aliphatic rings. The first kappa shape index (κ1) is 10.9. The molecule has 2 heteroatoms. The number of fused-ring (bicyclic) bond motifs is 1. The van der Waals surface area contributed by atoms with Crippen LogP contribution in [0.2, 0.25) is 0 Å². The molecular formula is C16H12FN. The fourth-order valence-electron chi connectivity index (χ4n) is 2.22. The molecule has 88 valence electrons. The molecule has 1 nitrogen and oxygen atoms in total. The number of halogens is 1. The third-order valence-corrected chi connectivity index (χ3v) is 2.99. The SMILES string of the molecule is Cc1cc(F)cc(-c2nccc3ccccc23)c1. The van der Waals surface area contributed by atoms with Crippen LogP contribution in [-0.4, -0.2) is 4.98 Å². The first-order valence-electron chi connectivity index (χ1n) is 5.85. The molecular weight excluding hydrogens is 225 g/mol. The van der Waals surface area contributed by atoms with Gasteiger partial charge in [0.15, 0.2) is 0 Å². The number of hydrogen-bond donors (Lipinski definition) is 0. The lowest BCUT2D eigenvalue weighted by molar-refractivity contribution is 0.627. The molecule has 0 saturated heterocycles. The Morgan fingerprint density at radius 3 is 2.67 bits per heavy atom. The molecule has 0 atom stereocenters. The summed E-state index contributed by atoms with van der Waals surface area (Å²) in [6.45, 7) is 1.89. The maximum atomic E-state index is 13.5. The molecule has 0 aliphatic carbocycles. The van der Waals surface area contributed by atoms with Crippen LogP contribution in [0.15, 0.2) is 54.7 Å². The fourth-order valence-corrected chi connectivity index (χ4v) is 2.22. The summed E-state index contributed by atoms with van der Waals surface area (Å²) in [6.07, 6.45) is 1.76. The van der Waals surface area contributed by atoms with Crippen LogP contribution in [0.1, 0.15) is 5.56 Å². The van der Waals surface area contributed by atoms with Gasteiger partial charge in [-0.15, -0.1) is 0 Å². The van der Waals surface area contributed by atoms with Crippen molar-refractivity contribution in [3.63, 3.8) is 0 Å². The van der Waals surface area contributed by atoms with E-state index in [0.717, 1.165) is 27.6 Å². The number of pyridine rings is 1. The van der Waals surface area contributed by atoms with E-state index in [1.807, 2.05) is 43.3 Å². The van der Waals surface area contributed by atoms with Crippen molar-refractivity contribution in [2.45, 2.75) is 6.92 Å². The van der Waals surface area contributed by atoms with Gasteiger partial charge in [-0.25, -0.2) is 4.39 Å². The van der Waals surface area contributed by atoms with Crippen molar-refractivity contribution in [2.75, 3.05) is 0 Å². The Kier molecular flexibility index (Phi) is 2.56. The molecule has 0 amide bonds. The Morgan fingerprint density at radius 2 is 1.83 bits per heavy atom. The minimum atomic E-state index is -0.222. The third kappa shape index (κ3) is 1.86. The van der Waals surface area contributed by atoms with E-state index in [-0.39, 0.29) is 5.82 Å². The van der Waals surface area contributed by atoms with Crippen LogP contribution < -0.4 is 0 Å². The summed E-state index contributed by atoms with van der Waals surface area (Å²) in [6, 6.07) is 15.0. The summed E-state index contributed by atoms with van der Waals surface area (Å²) < 4.78 is 13.5. The Morgan fingerprint density at radius 1 is 1.00 bits per heavy atom. The predicted molar refractivity (Wildman–Crippen MR) is 71.9 cm³/mol. The van der Waals surface area contributed by atoms with E-state index in [2.05, 4.69) is 4.98 Å². The monoisotopic (exact) mass is 237 g/mol.